The predicted molar refractivity (Wildman–Crippen MR) is 78.4 cm³/mol. The highest BCUT2D eigenvalue weighted by Gasteiger charge is 2.35. The summed E-state index contributed by atoms with van der Waals surface area (Å²) in [6.07, 6.45) is 4.05. The van der Waals surface area contributed by atoms with Gasteiger partial charge in [0.15, 0.2) is 5.96 Å². The molecule has 19 heavy (non-hydrogen) atoms. The first-order chi connectivity index (χ1) is 9.12. The van der Waals surface area contributed by atoms with E-state index in [0.29, 0.717) is 13.2 Å². The van der Waals surface area contributed by atoms with Gasteiger partial charge in [-0.05, 0) is 19.8 Å². The van der Waals surface area contributed by atoms with Gasteiger partial charge in [-0.25, -0.2) is 0 Å². The lowest BCUT2D eigenvalue weighted by molar-refractivity contribution is 0.00716. The zero-order chi connectivity index (χ0) is 14.1. The fourth-order valence-corrected chi connectivity index (χ4v) is 2.44. The van der Waals surface area contributed by atoms with Gasteiger partial charge in [0.2, 0.25) is 0 Å². The Hall–Kier alpha value is -0.810. The van der Waals surface area contributed by atoms with Crippen molar-refractivity contribution in [3.05, 3.63) is 0 Å². The number of ether oxygens (including phenoxy) is 1. The number of hydrogen-bond donors (Lipinski definition) is 3. The molecule has 5 heteroatoms. The largest absolute Gasteiger partial charge is 0.392 e. The Labute approximate surface area is 116 Å². The number of methoxy groups -OCH3 is 1. The Kier molecular flexibility index (Phi) is 7.16. The highest BCUT2D eigenvalue weighted by Crippen LogP contribution is 2.36. The van der Waals surface area contributed by atoms with Crippen LogP contribution in [-0.4, -0.2) is 50.5 Å². The summed E-state index contributed by atoms with van der Waals surface area (Å²) in [5.41, 5.74) is -0.0815. The lowest BCUT2D eigenvalue weighted by Crippen LogP contribution is -2.42. The van der Waals surface area contributed by atoms with E-state index in [0.717, 1.165) is 38.3 Å². The Morgan fingerprint density at radius 2 is 2.21 bits per heavy atom. The molecule has 0 aliphatic heterocycles. The van der Waals surface area contributed by atoms with Crippen molar-refractivity contribution in [3.8, 4) is 0 Å². The Morgan fingerprint density at radius 1 is 1.42 bits per heavy atom. The second-order valence-corrected chi connectivity index (χ2v) is 5.53. The van der Waals surface area contributed by atoms with E-state index >= 15 is 0 Å². The van der Waals surface area contributed by atoms with Crippen molar-refractivity contribution in [3.63, 3.8) is 0 Å². The molecule has 1 saturated carbocycles. The van der Waals surface area contributed by atoms with Gasteiger partial charge in [0.25, 0.3) is 0 Å². The third-order valence-electron chi connectivity index (χ3n) is 3.82. The number of nitrogens with zero attached hydrogens (tertiary/aromatic N) is 1. The first-order valence-corrected chi connectivity index (χ1v) is 7.31. The van der Waals surface area contributed by atoms with Crippen LogP contribution in [0, 0.1) is 5.41 Å². The van der Waals surface area contributed by atoms with Gasteiger partial charge in [0.05, 0.1) is 19.3 Å². The summed E-state index contributed by atoms with van der Waals surface area (Å²) in [6, 6.07) is 0. The van der Waals surface area contributed by atoms with Crippen LogP contribution in [0.2, 0.25) is 0 Å². The lowest BCUT2D eigenvalue weighted by Gasteiger charge is -2.37. The van der Waals surface area contributed by atoms with Crippen molar-refractivity contribution in [1.29, 1.82) is 0 Å². The van der Waals surface area contributed by atoms with Gasteiger partial charge in [-0.1, -0.05) is 19.8 Å². The number of aliphatic hydroxyl groups is 1. The third kappa shape index (κ3) is 5.37. The van der Waals surface area contributed by atoms with Crippen LogP contribution in [0.5, 0.6) is 0 Å². The molecule has 3 N–H and O–H groups in total. The molecule has 1 fully saturated rings. The highest BCUT2D eigenvalue weighted by atomic mass is 16.5. The van der Waals surface area contributed by atoms with E-state index in [1.54, 1.807) is 7.11 Å². The van der Waals surface area contributed by atoms with Crippen molar-refractivity contribution in [2.75, 3.05) is 33.4 Å². The Bertz CT molecular complexity index is 284. The van der Waals surface area contributed by atoms with Gasteiger partial charge in [0.1, 0.15) is 0 Å². The van der Waals surface area contributed by atoms with Gasteiger partial charge in [0, 0.05) is 25.6 Å². The van der Waals surface area contributed by atoms with Gasteiger partial charge < -0.3 is 20.5 Å². The molecule has 0 radical (unpaired) electrons. The predicted octanol–water partition coefficient (Wildman–Crippen LogP) is 1.13. The average molecular weight is 271 g/mol. The summed E-state index contributed by atoms with van der Waals surface area (Å²) in [5, 5.41) is 16.6. The second kappa shape index (κ2) is 8.38. The number of rotatable bonds is 6. The molecule has 0 saturated heterocycles. The topological polar surface area (TPSA) is 65.9 Å². The number of aliphatic hydroxyl groups excluding tert-OH is 1. The van der Waals surface area contributed by atoms with Gasteiger partial charge >= 0.3 is 0 Å². The third-order valence-corrected chi connectivity index (χ3v) is 3.82. The molecule has 0 bridgehead atoms. The minimum Gasteiger partial charge on any atom is -0.392 e. The van der Waals surface area contributed by atoms with E-state index < -0.39 is 0 Å². The van der Waals surface area contributed by atoms with Crippen LogP contribution in [0.25, 0.3) is 0 Å². The average Bonchev–Trinajstić information content (AvgIpc) is 2.40. The van der Waals surface area contributed by atoms with Crippen molar-refractivity contribution in [1.82, 2.24) is 10.6 Å². The van der Waals surface area contributed by atoms with E-state index in [-0.39, 0.29) is 11.5 Å². The van der Waals surface area contributed by atoms with E-state index in [1.807, 2.05) is 6.92 Å². The van der Waals surface area contributed by atoms with E-state index in [9.17, 15) is 5.11 Å². The molecule has 0 amide bonds. The molecule has 0 heterocycles. The first-order valence-electron chi connectivity index (χ1n) is 7.31. The molecule has 0 aromatic heterocycles. The van der Waals surface area contributed by atoms with Crippen LogP contribution < -0.4 is 10.6 Å². The fraction of sp³-hybridized carbons (Fsp3) is 0.929. The standard InChI is InChI=1S/C14H29N3O2/c1-4-15-13(16-9-10-19-3)17-11-14(2)8-6-5-7-12(14)18/h12,18H,4-11H2,1-3H3,(H2,15,16,17). The minimum atomic E-state index is -0.230. The van der Waals surface area contributed by atoms with Crippen LogP contribution in [0.15, 0.2) is 4.99 Å². The summed E-state index contributed by atoms with van der Waals surface area (Å²) in [6.45, 7) is 7.07. The molecule has 5 nitrogen and oxygen atoms in total. The van der Waals surface area contributed by atoms with E-state index in [4.69, 9.17) is 4.74 Å². The van der Waals surface area contributed by atoms with Gasteiger partial charge in [-0.2, -0.15) is 0 Å². The zero-order valence-electron chi connectivity index (χ0n) is 12.5. The van der Waals surface area contributed by atoms with Crippen LogP contribution in [-0.2, 0) is 4.74 Å². The van der Waals surface area contributed by atoms with E-state index in [1.165, 1.54) is 6.42 Å². The normalized spacial score (nSPS) is 28.2. The Balaban J connectivity index is 2.52. The fourth-order valence-electron chi connectivity index (χ4n) is 2.44. The first kappa shape index (κ1) is 16.2. The maximum atomic E-state index is 10.2. The Morgan fingerprint density at radius 3 is 2.84 bits per heavy atom. The SMILES string of the molecule is CCNC(=NCC1(C)CCCCC1O)NCCOC. The molecule has 1 aliphatic rings. The molecule has 0 aromatic carbocycles. The molecule has 0 spiro atoms. The van der Waals surface area contributed by atoms with Gasteiger partial charge in [-0.3, -0.25) is 4.99 Å². The maximum absolute atomic E-state index is 10.2. The molecule has 112 valence electrons. The summed E-state index contributed by atoms with van der Waals surface area (Å²) in [5.74, 6) is 0.804. The number of guanidine groups is 1. The summed E-state index contributed by atoms with van der Waals surface area (Å²) < 4.78 is 5.02. The number of aliphatic imine (C=N–C) groups is 1. The van der Waals surface area contributed by atoms with Crippen LogP contribution in [0.4, 0.5) is 0 Å². The van der Waals surface area contributed by atoms with Crippen LogP contribution in [0.3, 0.4) is 0 Å². The summed E-state index contributed by atoms with van der Waals surface area (Å²) in [4.78, 5) is 4.61. The maximum Gasteiger partial charge on any atom is 0.191 e. The minimum absolute atomic E-state index is 0.0815. The molecule has 2 unspecified atom stereocenters. The summed E-state index contributed by atoms with van der Waals surface area (Å²) in [7, 11) is 1.69. The quantitative estimate of drug-likeness (QED) is 0.385. The smallest absolute Gasteiger partial charge is 0.191 e. The van der Waals surface area contributed by atoms with Crippen molar-refractivity contribution in [2.24, 2.45) is 10.4 Å². The van der Waals surface area contributed by atoms with Crippen molar-refractivity contribution >= 4 is 5.96 Å². The second-order valence-electron chi connectivity index (χ2n) is 5.53. The van der Waals surface area contributed by atoms with Crippen LogP contribution in [0.1, 0.15) is 39.5 Å². The van der Waals surface area contributed by atoms with E-state index in [2.05, 4.69) is 22.5 Å². The molecular formula is C14H29N3O2. The van der Waals surface area contributed by atoms with Crippen molar-refractivity contribution in [2.45, 2.75) is 45.6 Å². The van der Waals surface area contributed by atoms with Crippen LogP contribution >= 0.6 is 0 Å². The van der Waals surface area contributed by atoms with Gasteiger partial charge in [-0.15, -0.1) is 0 Å². The highest BCUT2D eigenvalue weighted by molar-refractivity contribution is 5.79. The monoisotopic (exact) mass is 271 g/mol. The molecule has 2 atom stereocenters. The van der Waals surface area contributed by atoms with Crippen molar-refractivity contribution < 1.29 is 9.84 Å². The molecule has 1 rings (SSSR count). The summed E-state index contributed by atoms with van der Waals surface area (Å²) >= 11 is 0. The number of hydrogen-bond acceptors (Lipinski definition) is 3. The molecule has 0 aromatic rings. The molecule has 1 aliphatic carbocycles. The lowest BCUT2D eigenvalue weighted by atomic mass is 9.73. The molecular weight excluding hydrogens is 242 g/mol. The zero-order valence-corrected chi connectivity index (χ0v) is 12.5. The number of nitrogens with one attached hydrogen (secondary N) is 2.